The molecule has 0 bridgehead atoms. The lowest BCUT2D eigenvalue weighted by Gasteiger charge is -2.13. The van der Waals surface area contributed by atoms with Gasteiger partial charge in [-0.25, -0.2) is 0 Å². The van der Waals surface area contributed by atoms with Crippen molar-refractivity contribution in [3.63, 3.8) is 0 Å². The summed E-state index contributed by atoms with van der Waals surface area (Å²) in [5.41, 5.74) is 1.10. The lowest BCUT2D eigenvalue weighted by Crippen LogP contribution is -2.13. The number of fused-ring (bicyclic) bond motifs is 3. The number of hydrogen-bond donors (Lipinski definition) is 1. The lowest BCUT2D eigenvalue weighted by molar-refractivity contribution is 0.0110. The van der Waals surface area contributed by atoms with E-state index < -0.39 is 12.0 Å². The SMILES string of the molecule is CC(C)n1nc(C(C)(F)F)c2c1C(O)C1CC21. The fraction of sp³-hybridized carbons (Fsp3) is 0.750. The van der Waals surface area contributed by atoms with Crippen LogP contribution in [0.3, 0.4) is 0 Å². The van der Waals surface area contributed by atoms with E-state index in [0.29, 0.717) is 11.3 Å². The topological polar surface area (TPSA) is 38.0 Å². The molecule has 3 nitrogen and oxygen atoms in total. The quantitative estimate of drug-likeness (QED) is 0.865. The number of aliphatic hydroxyl groups is 1. The predicted octanol–water partition coefficient (Wildman–Crippen LogP) is 2.73. The molecule has 0 saturated heterocycles. The van der Waals surface area contributed by atoms with Crippen LogP contribution in [0.2, 0.25) is 0 Å². The second-order valence-electron chi connectivity index (χ2n) is 5.53. The summed E-state index contributed by atoms with van der Waals surface area (Å²) in [6.45, 7) is 4.66. The maximum absolute atomic E-state index is 13.5. The van der Waals surface area contributed by atoms with Gasteiger partial charge in [0.2, 0.25) is 0 Å². The normalized spacial score (nSPS) is 30.6. The van der Waals surface area contributed by atoms with E-state index in [1.807, 2.05) is 13.8 Å². The van der Waals surface area contributed by atoms with Crippen molar-refractivity contribution in [2.45, 2.75) is 51.2 Å². The maximum Gasteiger partial charge on any atom is 0.289 e. The van der Waals surface area contributed by atoms with Crippen LogP contribution in [0.4, 0.5) is 8.78 Å². The van der Waals surface area contributed by atoms with E-state index in [1.54, 1.807) is 4.68 Å². The number of nitrogens with zero attached hydrogens (tertiary/aromatic N) is 2. The van der Waals surface area contributed by atoms with Crippen LogP contribution < -0.4 is 0 Å². The first kappa shape index (κ1) is 11.1. The van der Waals surface area contributed by atoms with E-state index in [1.165, 1.54) is 0 Å². The molecule has 2 aliphatic carbocycles. The van der Waals surface area contributed by atoms with Crippen LogP contribution in [0.15, 0.2) is 0 Å². The molecule has 17 heavy (non-hydrogen) atoms. The third kappa shape index (κ3) is 1.38. The summed E-state index contributed by atoms with van der Waals surface area (Å²) >= 11 is 0. The molecule has 2 aliphatic rings. The largest absolute Gasteiger partial charge is 0.386 e. The summed E-state index contributed by atoms with van der Waals surface area (Å²) in [6.07, 6.45) is 0.210. The minimum absolute atomic E-state index is 0.00741. The summed E-state index contributed by atoms with van der Waals surface area (Å²) in [6, 6.07) is -0.00741. The average molecular weight is 242 g/mol. The number of alkyl halides is 2. The highest BCUT2D eigenvalue weighted by atomic mass is 19.3. The molecule has 3 unspecified atom stereocenters. The molecule has 0 amide bonds. The molecule has 1 saturated carbocycles. The Morgan fingerprint density at radius 1 is 1.47 bits per heavy atom. The summed E-state index contributed by atoms with van der Waals surface area (Å²) in [5, 5.41) is 14.1. The van der Waals surface area contributed by atoms with Gasteiger partial charge in [-0.2, -0.15) is 13.9 Å². The van der Waals surface area contributed by atoms with Crippen molar-refractivity contribution in [2.24, 2.45) is 5.92 Å². The molecule has 0 aromatic carbocycles. The molecule has 0 radical (unpaired) electrons. The molecule has 1 aromatic heterocycles. The van der Waals surface area contributed by atoms with Gasteiger partial charge in [0.1, 0.15) is 5.69 Å². The zero-order chi connectivity index (χ0) is 12.5. The first-order valence-electron chi connectivity index (χ1n) is 6.01. The van der Waals surface area contributed by atoms with E-state index >= 15 is 0 Å². The predicted molar refractivity (Wildman–Crippen MR) is 58.0 cm³/mol. The summed E-state index contributed by atoms with van der Waals surface area (Å²) in [4.78, 5) is 0. The monoisotopic (exact) mass is 242 g/mol. The first-order valence-corrected chi connectivity index (χ1v) is 6.01. The summed E-state index contributed by atoms with van der Waals surface area (Å²) in [7, 11) is 0. The Balaban J connectivity index is 2.20. The minimum atomic E-state index is -2.93. The van der Waals surface area contributed by atoms with E-state index in [9.17, 15) is 13.9 Å². The van der Waals surface area contributed by atoms with Gasteiger partial charge in [0.15, 0.2) is 0 Å². The molecular weight excluding hydrogens is 226 g/mol. The molecule has 1 heterocycles. The van der Waals surface area contributed by atoms with Gasteiger partial charge < -0.3 is 5.11 Å². The standard InChI is InChI=1S/C12H16F2N2O/c1-5(2)16-9-8(6-4-7(6)10(9)17)11(15-16)12(3,13)14/h5-7,10,17H,4H2,1-3H3. The van der Waals surface area contributed by atoms with Crippen molar-refractivity contribution in [2.75, 3.05) is 0 Å². The highest BCUT2D eigenvalue weighted by Gasteiger charge is 2.57. The molecule has 94 valence electrons. The van der Waals surface area contributed by atoms with Gasteiger partial charge in [-0.3, -0.25) is 4.68 Å². The maximum atomic E-state index is 13.5. The smallest absolute Gasteiger partial charge is 0.289 e. The fourth-order valence-corrected chi connectivity index (χ4v) is 2.94. The molecule has 3 rings (SSSR count). The summed E-state index contributed by atoms with van der Waals surface area (Å²) < 4.78 is 28.7. The van der Waals surface area contributed by atoms with E-state index in [2.05, 4.69) is 5.10 Å². The van der Waals surface area contributed by atoms with Gasteiger partial charge >= 0.3 is 0 Å². The van der Waals surface area contributed by atoms with Gasteiger partial charge in [0, 0.05) is 18.5 Å². The number of aromatic nitrogens is 2. The zero-order valence-corrected chi connectivity index (χ0v) is 10.1. The third-order valence-corrected chi connectivity index (χ3v) is 3.79. The lowest BCUT2D eigenvalue weighted by atomic mass is 10.1. The highest BCUT2D eigenvalue weighted by molar-refractivity contribution is 5.45. The third-order valence-electron chi connectivity index (χ3n) is 3.79. The van der Waals surface area contributed by atoms with Crippen molar-refractivity contribution < 1.29 is 13.9 Å². The zero-order valence-electron chi connectivity index (χ0n) is 10.1. The van der Waals surface area contributed by atoms with Crippen molar-refractivity contribution in [3.8, 4) is 0 Å². The van der Waals surface area contributed by atoms with Gasteiger partial charge in [-0.1, -0.05) is 0 Å². The van der Waals surface area contributed by atoms with Crippen LogP contribution >= 0.6 is 0 Å². The van der Waals surface area contributed by atoms with E-state index in [0.717, 1.165) is 13.3 Å². The Kier molecular flexibility index (Phi) is 2.01. The summed E-state index contributed by atoms with van der Waals surface area (Å²) in [5.74, 6) is -2.68. The van der Waals surface area contributed by atoms with E-state index in [-0.39, 0.29) is 23.6 Å². The molecule has 5 heteroatoms. The van der Waals surface area contributed by atoms with E-state index in [4.69, 9.17) is 0 Å². The van der Waals surface area contributed by atoms with Crippen LogP contribution in [0, 0.1) is 5.92 Å². The Morgan fingerprint density at radius 3 is 2.65 bits per heavy atom. The van der Waals surface area contributed by atoms with Crippen LogP contribution in [-0.2, 0) is 5.92 Å². The molecule has 1 fully saturated rings. The van der Waals surface area contributed by atoms with Gasteiger partial charge in [-0.15, -0.1) is 0 Å². The number of halogens is 2. The molecule has 0 spiro atoms. The van der Waals surface area contributed by atoms with Crippen molar-refractivity contribution >= 4 is 0 Å². The Bertz CT molecular complexity index is 476. The number of rotatable bonds is 2. The second kappa shape index (κ2) is 3.07. The molecular formula is C12H16F2N2O. The van der Waals surface area contributed by atoms with Crippen molar-refractivity contribution in [1.29, 1.82) is 0 Å². The molecule has 1 N–H and O–H groups in total. The fourth-order valence-electron chi connectivity index (χ4n) is 2.94. The average Bonchev–Trinajstić information content (AvgIpc) is 2.77. The number of hydrogen-bond acceptors (Lipinski definition) is 2. The van der Waals surface area contributed by atoms with Gasteiger partial charge in [0.05, 0.1) is 11.8 Å². The Morgan fingerprint density at radius 2 is 2.12 bits per heavy atom. The van der Waals surface area contributed by atoms with Crippen LogP contribution in [0.1, 0.15) is 62.2 Å². The van der Waals surface area contributed by atoms with Crippen LogP contribution in [-0.4, -0.2) is 14.9 Å². The minimum Gasteiger partial charge on any atom is -0.386 e. The van der Waals surface area contributed by atoms with Crippen LogP contribution in [0.25, 0.3) is 0 Å². The van der Waals surface area contributed by atoms with Crippen molar-refractivity contribution in [3.05, 3.63) is 17.0 Å². The molecule has 3 atom stereocenters. The van der Waals surface area contributed by atoms with Crippen molar-refractivity contribution in [1.82, 2.24) is 9.78 Å². The number of aliphatic hydroxyl groups excluding tert-OH is 1. The second-order valence-corrected chi connectivity index (χ2v) is 5.53. The van der Waals surface area contributed by atoms with Gasteiger partial charge in [0.25, 0.3) is 5.92 Å². The van der Waals surface area contributed by atoms with Gasteiger partial charge in [-0.05, 0) is 32.1 Å². The molecule has 0 aliphatic heterocycles. The Labute approximate surface area is 98.4 Å². The Hall–Kier alpha value is -0.970. The van der Waals surface area contributed by atoms with Crippen LogP contribution in [0.5, 0.6) is 0 Å². The molecule has 1 aromatic rings. The highest BCUT2D eigenvalue weighted by Crippen LogP contribution is 2.63. The first-order chi connectivity index (χ1) is 7.82.